The first-order valence-electron chi connectivity index (χ1n) is 25.8. The van der Waals surface area contributed by atoms with Crippen LogP contribution in [0.4, 0.5) is 5.69 Å². The molecule has 2 aromatic rings. The van der Waals surface area contributed by atoms with Gasteiger partial charge in [-0.15, -0.1) is 0 Å². The monoisotopic (exact) mass is 909 g/mol. The lowest BCUT2D eigenvalue weighted by Gasteiger charge is -2.58. The maximum absolute atomic E-state index is 13.7. The zero-order valence-corrected chi connectivity index (χ0v) is 41.5. The molecule has 0 aliphatic heterocycles. The molecule has 364 valence electrons. The Labute approximate surface area is 397 Å². The largest absolute Gasteiger partial charge is 0.392 e. The quantitative estimate of drug-likeness (QED) is 0.0555. The topological polar surface area (TPSA) is 146 Å². The van der Waals surface area contributed by atoms with Crippen LogP contribution >= 0.6 is 0 Å². The van der Waals surface area contributed by atoms with Crippen molar-refractivity contribution >= 4 is 29.3 Å². The second-order valence-electron chi connectivity index (χ2n) is 22.1. The van der Waals surface area contributed by atoms with Crippen LogP contribution in [0.1, 0.15) is 156 Å². The van der Waals surface area contributed by atoms with Crippen molar-refractivity contribution in [2.45, 2.75) is 176 Å². The number of nitrogens with one attached hydrogen (secondary N) is 4. The molecule has 0 aromatic heterocycles. The SMILES string of the molecule is CC(C)CCCC(C)[C@H]1CC[C@H]2[C@@H]3CC=C4C[C@@H](OCCCNC(=O)CCC(=O)NC(CC(C)C)C(=O)NC(Cc5ccccc5)C(=O)Nc5ccc(CO)cc5)CC[C@]4(C)[C@H]3CC[C@]12C. The number of hydrogen-bond acceptors (Lipinski definition) is 6. The number of aliphatic hydroxyl groups excluding tert-OH is 1. The minimum absolute atomic E-state index is 0.00628. The molecule has 4 amide bonds. The molecular weight excluding hydrogens is 825 g/mol. The average Bonchev–Trinajstić information content (AvgIpc) is 3.65. The minimum atomic E-state index is -0.916. The fourth-order valence-electron chi connectivity index (χ4n) is 12.9. The standard InChI is InChI=1S/C56H84N4O6/c1-37(2)13-11-14-39(5)46-23-24-47-45-22-19-42-35-44(27-29-55(42,6)48(45)28-30-56(46,47)7)66-32-12-31-57-51(62)25-26-52(63)59-49(33-38(3)4)54(65)60-50(34-40-15-9-8-10-16-40)53(64)58-43-20-17-41(36-61)18-21-43/h8-10,15-21,37-39,44-50,61H,11-14,22-36H2,1-7H3,(H,57,62)(H,58,64)(H,59,63)(H,60,65)/t39?,44-,45-,46+,47-,48-,49?,50?,55-,56+/m0/s1. The number of amides is 4. The van der Waals surface area contributed by atoms with Gasteiger partial charge in [0, 0.05) is 38.1 Å². The van der Waals surface area contributed by atoms with Crippen LogP contribution in [0.5, 0.6) is 0 Å². The van der Waals surface area contributed by atoms with Gasteiger partial charge >= 0.3 is 0 Å². The van der Waals surface area contributed by atoms with Crippen molar-refractivity contribution in [3.63, 3.8) is 0 Å². The number of ether oxygens (including phenoxy) is 1. The van der Waals surface area contributed by atoms with E-state index in [1.165, 1.54) is 57.8 Å². The molecule has 66 heavy (non-hydrogen) atoms. The Kier molecular flexibility index (Phi) is 18.5. The molecule has 5 N–H and O–H groups in total. The van der Waals surface area contributed by atoms with Crippen LogP contribution in [0.3, 0.4) is 0 Å². The number of aliphatic hydroxyl groups is 1. The van der Waals surface area contributed by atoms with Gasteiger partial charge in [0.1, 0.15) is 12.1 Å². The number of benzene rings is 2. The third-order valence-corrected chi connectivity index (χ3v) is 16.5. The predicted octanol–water partition coefficient (Wildman–Crippen LogP) is 10.1. The zero-order chi connectivity index (χ0) is 47.4. The molecule has 10 nitrogen and oxygen atoms in total. The number of anilines is 1. The molecule has 4 aliphatic rings. The van der Waals surface area contributed by atoms with Crippen molar-refractivity contribution in [3.05, 3.63) is 77.4 Å². The highest BCUT2D eigenvalue weighted by Gasteiger charge is 2.59. The fraction of sp³-hybridized carbons (Fsp3) is 0.679. The van der Waals surface area contributed by atoms with Gasteiger partial charge in [-0.05, 0) is 140 Å². The molecule has 0 saturated heterocycles. The van der Waals surface area contributed by atoms with E-state index in [0.717, 1.165) is 53.9 Å². The first-order chi connectivity index (χ1) is 31.6. The summed E-state index contributed by atoms with van der Waals surface area (Å²) in [6, 6.07) is 14.5. The van der Waals surface area contributed by atoms with E-state index in [9.17, 15) is 24.3 Å². The van der Waals surface area contributed by atoms with Gasteiger partial charge in [-0.25, -0.2) is 0 Å². The maximum atomic E-state index is 13.7. The first kappa shape index (κ1) is 51.4. The molecule has 3 fully saturated rings. The molecule has 3 saturated carbocycles. The Morgan fingerprint density at radius 3 is 2.21 bits per heavy atom. The van der Waals surface area contributed by atoms with Crippen molar-refractivity contribution in [2.24, 2.45) is 52.3 Å². The molecule has 0 heterocycles. The summed E-state index contributed by atoms with van der Waals surface area (Å²) in [6.07, 6.45) is 18.4. The molecule has 10 heteroatoms. The van der Waals surface area contributed by atoms with Gasteiger partial charge < -0.3 is 31.1 Å². The number of fused-ring (bicyclic) bond motifs is 5. The lowest BCUT2D eigenvalue weighted by atomic mass is 9.47. The van der Waals surface area contributed by atoms with E-state index in [2.05, 4.69) is 62.0 Å². The summed E-state index contributed by atoms with van der Waals surface area (Å²) in [6.45, 7) is 17.4. The highest BCUT2D eigenvalue weighted by molar-refractivity contribution is 5.98. The fourth-order valence-corrected chi connectivity index (χ4v) is 12.9. The van der Waals surface area contributed by atoms with Gasteiger partial charge in [-0.2, -0.15) is 0 Å². The highest BCUT2D eigenvalue weighted by Crippen LogP contribution is 2.67. The number of hydrogen-bond donors (Lipinski definition) is 5. The van der Waals surface area contributed by atoms with Crippen molar-refractivity contribution < 1.29 is 29.0 Å². The van der Waals surface area contributed by atoms with E-state index in [0.29, 0.717) is 48.1 Å². The van der Waals surface area contributed by atoms with Gasteiger partial charge in [-0.1, -0.05) is 122 Å². The second kappa shape index (κ2) is 23.8. The summed E-state index contributed by atoms with van der Waals surface area (Å²) in [4.78, 5) is 53.3. The first-order valence-corrected chi connectivity index (χ1v) is 25.8. The van der Waals surface area contributed by atoms with Crippen LogP contribution in [0.25, 0.3) is 0 Å². The summed E-state index contributed by atoms with van der Waals surface area (Å²) >= 11 is 0. The molecule has 6 rings (SSSR count). The van der Waals surface area contributed by atoms with Crippen molar-refractivity contribution in [3.8, 4) is 0 Å². The average molecular weight is 909 g/mol. The third kappa shape index (κ3) is 13.4. The van der Waals surface area contributed by atoms with Gasteiger partial charge in [0.2, 0.25) is 23.6 Å². The number of carbonyl (C=O) groups excluding carboxylic acids is 4. The summed E-state index contributed by atoms with van der Waals surface area (Å²) < 4.78 is 6.45. The van der Waals surface area contributed by atoms with Gasteiger partial charge in [-0.3, -0.25) is 19.2 Å². The molecule has 0 radical (unpaired) electrons. The highest BCUT2D eigenvalue weighted by atomic mass is 16.5. The Morgan fingerprint density at radius 1 is 0.758 bits per heavy atom. The van der Waals surface area contributed by atoms with Crippen LogP contribution in [0.2, 0.25) is 0 Å². The molecule has 3 unspecified atom stereocenters. The van der Waals surface area contributed by atoms with Crippen LogP contribution in [-0.4, -0.2) is 60.1 Å². The number of allylic oxidation sites excluding steroid dienone is 1. The summed E-state index contributed by atoms with van der Waals surface area (Å²) in [5, 5.41) is 21.0. The van der Waals surface area contributed by atoms with E-state index in [1.807, 2.05) is 44.2 Å². The minimum Gasteiger partial charge on any atom is -0.392 e. The van der Waals surface area contributed by atoms with Gasteiger partial charge in [0.05, 0.1) is 12.7 Å². The smallest absolute Gasteiger partial charge is 0.247 e. The Morgan fingerprint density at radius 2 is 1.50 bits per heavy atom. The molecule has 4 aliphatic carbocycles. The second-order valence-corrected chi connectivity index (χ2v) is 22.1. The Hall–Kier alpha value is -4.02. The van der Waals surface area contributed by atoms with Crippen molar-refractivity contribution in [1.82, 2.24) is 16.0 Å². The van der Waals surface area contributed by atoms with Crippen molar-refractivity contribution in [1.29, 1.82) is 0 Å². The zero-order valence-electron chi connectivity index (χ0n) is 41.5. The van der Waals surface area contributed by atoms with E-state index in [-0.39, 0.29) is 43.8 Å². The summed E-state index contributed by atoms with van der Waals surface area (Å²) in [5.41, 5.74) is 4.56. The predicted molar refractivity (Wildman–Crippen MR) is 264 cm³/mol. The van der Waals surface area contributed by atoms with E-state index < -0.39 is 29.8 Å². The third-order valence-electron chi connectivity index (χ3n) is 16.5. The number of rotatable bonds is 23. The lowest BCUT2D eigenvalue weighted by Crippen LogP contribution is -2.53. The van der Waals surface area contributed by atoms with Crippen LogP contribution in [-0.2, 0) is 36.9 Å². The molecule has 2 aromatic carbocycles. The Bertz CT molecular complexity index is 1930. The maximum Gasteiger partial charge on any atom is 0.247 e. The Balaban J connectivity index is 0.912. The van der Waals surface area contributed by atoms with E-state index in [1.54, 1.807) is 29.8 Å². The van der Waals surface area contributed by atoms with Crippen LogP contribution in [0.15, 0.2) is 66.2 Å². The molecule has 0 spiro atoms. The van der Waals surface area contributed by atoms with Crippen molar-refractivity contribution in [2.75, 3.05) is 18.5 Å². The number of carbonyl (C=O) groups is 4. The van der Waals surface area contributed by atoms with E-state index in [4.69, 9.17) is 4.74 Å². The van der Waals surface area contributed by atoms with Crippen LogP contribution in [0, 0.1) is 52.3 Å². The molecule has 10 atom stereocenters. The normalized spacial score (nSPS) is 27.1. The molecular formula is C56H84N4O6. The van der Waals surface area contributed by atoms with Crippen LogP contribution < -0.4 is 21.3 Å². The lowest BCUT2D eigenvalue weighted by molar-refractivity contribution is -0.132. The molecule has 0 bridgehead atoms. The summed E-state index contributed by atoms with van der Waals surface area (Å²) in [5.74, 6) is 3.61. The van der Waals surface area contributed by atoms with Gasteiger partial charge in [0.25, 0.3) is 0 Å². The van der Waals surface area contributed by atoms with Gasteiger partial charge in [0.15, 0.2) is 0 Å². The summed E-state index contributed by atoms with van der Waals surface area (Å²) in [7, 11) is 0. The van der Waals surface area contributed by atoms with E-state index >= 15 is 0 Å².